The maximum absolute atomic E-state index is 4.57. The van der Waals surface area contributed by atoms with Gasteiger partial charge in [0.1, 0.15) is 0 Å². The molecule has 0 aliphatic carbocycles. The second-order valence-corrected chi connectivity index (χ2v) is 5.24. The Kier molecular flexibility index (Phi) is 5.31. The van der Waals surface area contributed by atoms with Crippen molar-refractivity contribution in [1.82, 2.24) is 10.3 Å². The highest BCUT2D eigenvalue weighted by Gasteiger charge is 2.11. The maximum atomic E-state index is 4.57. The first-order chi connectivity index (χ1) is 9.72. The van der Waals surface area contributed by atoms with Gasteiger partial charge >= 0.3 is 0 Å². The van der Waals surface area contributed by atoms with Gasteiger partial charge in [0.2, 0.25) is 0 Å². The van der Waals surface area contributed by atoms with Crippen LogP contribution in [0.15, 0.2) is 42.6 Å². The lowest BCUT2D eigenvalue weighted by Gasteiger charge is -2.18. The molecule has 0 saturated heterocycles. The normalized spacial score (nSPS) is 12.3. The Labute approximate surface area is 122 Å². The summed E-state index contributed by atoms with van der Waals surface area (Å²) >= 11 is 0. The molecule has 0 aliphatic heterocycles. The number of nitrogens with zero attached hydrogens (tertiary/aromatic N) is 1. The van der Waals surface area contributed by atoms with Crippen LogP contribution < -0.4 is 5.32 Å². The van der Waals surface area contributed by atoms with Crippen molar-refractivity contribution in [3.8, 4) is 0 Å². The summed E-state index contributed by atoms with van der Waals surface area (Å²) in [6.07, 6.45) is 3.97. The van der Waals surface area contributed by atoms with Crippen LogP contribution in [0.4, 0.5) is 0 Å². The Hall–Kier alpha value is -1.67. The fraction of sp³-hybridized carbons (Fsp3) is 0.389. The smallest absolute Gasteiger partial charge is 0.0422 e. The highest BCUT2D eigenvalue weighted by molar-refractivity contribution is 5.26. The van der Waals surface area contributed by atoms with Crippen LogP contribution >= 0.6 is 0 Å². The van der Waals surface area contributed by atoms with E-state index in [0.717, 1.165) is 25.1 Å². The predicted octanol–water partition coefficient (Wildman–Crippen LogP) is 3.85. The molecule has 2 heteroatoms. The van der Waals surface area contributed by atoms with Crippen LogP contribution in [0.2, 0.25) is 0 Å². The molecule has 0 saturated carbocycles. The molecule has 1 unspecified atom stereocenters. The lowest BCUT2D eigenvalue weighted by atomic mass is 10.00. The molecule has 2 aromatic rings. The molecular formula is C18H24N2. The number of likely N-dealkylation sites (N-methyl/N-ethyl adjacent to an activating group) is 1. The topological polar surface area (TPSA) is 24.9 Å². The minimum atomic E-state index is 0.334. The zero-order valence-corrected chi connectivity index (χ0v) is 12.7. The number of benzene rings is 1. The van der Waals surface area contributed by atoms with Crippen LogP contribution in [0.5, 0.6) is 0 Å². The van der Waals surface area contributed by atoms with Gasteiger partial charge in [-0.2, -0.15) is 0 Å². The summed E-state index contributed by atoms with van der Waals surface area (Å²) in [6.45, 7) is 7.39. The Morgan fingerprint density at radius 1 is 1.05 bits per heavy atom. The largest absolute Gasteiger partial charge is 0.310 e. The first-order valence-corrected chi connectivity index (χ1v) is 7.46. The van der Waals surface area contributed by atoms with Crippen molar-refractivity contribution in [2.75, 3.05) is 6.54 Å². The second kappa shape index (κ2) is 7.20. The van der Waals surface area contributed by atoms with Crippen molar-refractivity contribution in [3.05, 3.63) is 65.0 Å². The Morgan fingerprint density at radius 2 is 1.80 bits per heavy atom. The molecule has 2 rings (SSSR count). The van der Waals surface area contributed by atoms with Gasteiger partial charge in [0, 0.05) is 24.4 Å². The number of aromatic nitrogens is 1. The van der Waals surface area contributed by atoms with Crippen LogP contribution in [-0.2, 0) is 12.8 Å². The van der Waals surface area contributed by atoms with Gasteiger partial charge in [0.15, 0.2) is 0 Å². The minimum Gasteiger partial charge on any atom is -0.310 e. The maximum Gasteiger partial charge on any atom is 0.0422 e. The first kappa shape index (κ1) is 14.7. The molecule has 1 aromatic heterocycles. The Balaban J connectivity index is 2.13. The first-order valence-electron chi connectivity index (χ1n) is 7.46. The van der Waals surface area contributed by atoms with E-state index in [9.17, 15) is 0 Å². The summed E-state index contributed by atoms with van der Waals surface area (Å²) in [5, 5.41) is 3.56. The van der Waals surface area contributed by atoms with E-state index in [1.807, 2.05) is 6.20 Å². The van der Waals surface area contributed by atoms with Crippen LogP contribution in [0, 0.1) is 6.92 Å². The van der Waals surface area contributed by atoms with E-state index in [-0.39, 0.29) is 0 Å². The Bertz CT molecular complexity index is 514. The van der Waals surface area contributed by atoms with E-state index in [1.165, 1.54) is 16.7 Å². The molecule has 0 bridgehead atoms. The molecule has 0 aliphatic rings. The lowest BCUT2D eigenvalue weighted by Crippen LogP contribution is -2.23. The number of rotatable bonds is 6. The third kappa shape index (κ3) is 3.91. The second-order valence-electron chi connectivity index (χ2n) is 5.24. The van der Waals surface area contributed by atoms with Crippen molar-refractivity contribution in [3.63, 3.8) is 0 Å². The van der Waals surface area contributed by atoms with Crippen LogP contribution in [0.25, 0.3) is 0 Å². The monoisotopic (exact) mass is 268 g/mol. The fourth-order valence-corrected chi connectivity index (χ4v) is 2.35. The standard InChI is InChI=1S/C18H24N2/c1-4-15-8-11-17(20-13-15)12-18(19-5-2)16-9-6-14(3)7-10-16/h6-11,13,18-19H,4-5,12H2,1-3H3. The molecule has 0 spiro atoms. The van der Waals surface area contributed by atoms with Crippen LogP contribution in [0.3, 0.4) is 0 Å². The molecule has 2 nitrogen and oxygen atoms in total. The third-order valence-electron chi connectivity index (χ3n) is 3.64. The molecule has 20 heavy (non-hydrogen) atoms. The zero-order chi connectivity index (χ0) is 14.4. The average Bonchev–Trinajstić information content (AvgIpc) is 2.48. The van der Waals surface area contributed by atoms with E-state index in [1.54, 1.807) is 0 Å². The molecule has 0 amide bonds. The molecule has 0 radical (unpaired) electrons. The van der Waals surface area contributed by atoms with E-state index in [4.69, 9.17) is 0 Å². The van der Waals surface area contributed by atoms with Crippen molar-refractivity contribution in [2.24, 2.45) is 0 Å². The molecule has 1 heterocycles. The van der Waals surface area contributed by atoms with Gasteiger partial charge in [0.25, 0.3) is 0 Å². The van der Waals surface area contributed by atoms with Gasteiger partial charge in [-0.25, -0.2) is 0 Å². The van der Waals surface area contributed by atoms with Crippen molar-refractivity contribution < 1.29 is 0 Å². The quantitative estimate of drug-likeness (QED) is 0.861. The van der Waals surface area contributed by atoms with Gasteiger partial charge in [-0.1, -0.05) is 49.7 Å². The van der Waals surface area contributed by atoms with Gasteiger partial charge in [-0.05, 0) is 37.1 Å². The van der Waals surface area contributed by atoms with Crippen molar-refractivity contribution in [2.45, 2.75) is 39.7 Å². The van der Waals surface area contributed by atoms with Crippen LogP contribution in [-0.4, -0.2) is 11.5 Å². The SMILES string of the molecule is CCNC(Cc1ccc(CC)cn1)c1ccc(C)cc1. The number of aryl methyl sites for hydroxylation is 2. The summed E-state index contributed by atoms with van der Waals surface area (Å²) in [4.78, 5) is 4.57. The van der Waals surface area contributed by atoms with E-state index in [0.29, 0.717) is 6.04 Å². The van der Waals surface area contributed by atoms with Gasteiger partial charge < -0.3 is 5.32 Å². The van der Waals surface area contributed by atoms with E-state index < -0.39 is 0 Å². The summed E-state index contributed by atoms with van der Waals surface area (Å²) in [5.41, 5.74) is 5.08. The average molecular weight is 268 g/mol. The number of pyridine rings is 1. The summed E-state index contributed by atoms with van der Waals surface area (Å²) in [7, 11) is 0. The Morgan fingerprint density at radius 3 is 2.35 bits per heavy atom. The summed E-state index contributed by atoms with van der Waals surface area (Å²) in [6, 6.07) is 13.4. The number of hydrogen-bond acceptors (Lipinski definition) is 2. The highest BCUT2D eigenvalue weighted by Crippen LogP contribution is 2.18. The molecule has 106 valence electrons. The van der Waals surface area contributed by atoms with Gasteiger partial charge in [-0.15, -0.1) is 0 Å². The molecule has 1 N–H and O–H groups in total. The zero-order valence-electron chi connectivity index (χ0n) is 12.7. The predicted molar refractivity (Wildman–Crippen MR) is 84.9 cm³/mol. The highest BCUT2D eigenvalue weighted by atomic mass is 14.9. The summed E-state index contributed by atoms with van der Waals surface area (Å²) < 4.78 is 0. The van der Waals surface area contributed by atoms with Crippen LogP contribution in [0.1, 0.15) is 42.3 Å². The van der Waals surface area contributed by atoms with Gasteiger partial charge in [0.05, 0.1) is 0 Å². The van der Waals surface area contributed by atoms with Crippen molar-refractivity contribution >= 4 is 0 Å². The number of nitrogens with one attached hydrogen (secondary N) is 1. The number of hydrogen-bond donors (Lipinski definition) is 1. The minimum absolute atomic E-state index is 0.334. The molecule has 0 fully saturated rings. The molecule has 1 aromatic carbocycles. The molecular weight excluding hydrogens is 244 g/mol. The van der Waals surface area contributed by atoms with Crippen molar-refractivity contribution in [1.29, 1.82) is 0 Å². The molecule has 1 atom stereocenters. The van der Waals surface area contributed by atoms with E-state index >= 15 is 0 Å². The lowest BCUT2D eigenvalue weighted by molar-refractivity contribution is 0.544. The van der Waals surface area contributed by atoms with E-state index in [2.05, 4.69) is 67.5 Å². The summed E-state index contributed by atoms with van der Waals surface area (Å²) in [5.74, 6) is 0. The van der Waals surface area contributed by atoms with Gasteiger partial charge in [-0.3, -0.25) is 4.98 Å². The third-order valence-corrected chi connectivity index (χ3v) is 3.64. The fourth-order valence-electron chi connectivity index (χ4n) is 2.35.